The van der Waals surface area contributed by atoms with E-state index in [-0.39, 0.29) is 6.54 Å². The van der Waals surface area contributed by atoms with Gasteiger partial charge in [0, 0.05) is 11.1 Å². The van der Waals surface area contributed by atoms with E-state index in [0.717, 1.165) is 16.8 Å². The van der Waals surface area contributed by atoms with Crippen molar-refractivity contribution in [2.24, 2.45) is 4.99 Å². The first-order valence-corrected chi connectivity index (χ1v) is 6.44. The Labute approximate surface area is 118 Å². The zero-order valence-electron chi connectivity index (χ0n) is 10.3. The highest BCUT2D eigenvalue weighted by Crippen LogP contribution is 2.11. The molecule has 94 valence electrons. The molecule has 1 atom stereocenters. The molecular weight excluding hydrogens is 256 g/mol. The van der Waals surface area contributed by atoms with Crippen LogP contribution in [-0.2, 0) is 0 Å². The maximum Gasteiger partial charge on any atom is 0.140 e. The van der Waals surface area contributed by atoms with Crippen LogP contribution in [0.25, 0.3) is 0 Å². The summed E-state index contributed by atoms with van der Waals surface area (Å²) in [7, 11) is 0. The lowest BCUT2D eigenvalue weighted by atomic mass is 10.0. The van der Waals surface area contributed by atoms with Gasteiger partial charge in [0.05, 0.1) is 18.3 Å². The van der Waals surface area contributed by atoms with Crippen LogP contribution in [0.1, 0.15) is 11.1 Å². The number of aliphatic imine (C=N–C) groups is 1. The van der Waals surface area contributed by atoms with Crippen molar-refractivity contribution < 1.29 is 0 Å². The minimum absolute atomic E-state index is 0.289. The minimum atomic E-state index is -0.595. The normalized spacial score (nSPS) is 11.4. The number of alkyl halides is 1. The molecule has 0 aliphatic heterocycles. The third-order valence-electron chi connectivity index (χ3n) is 2.64. The van der Waals surface area contributed by atoms with Crippen molar-refractivity contribution in [3.63, 3.8) is 0 Å². The Balaban J connectivity index is 2.38. The Morgan fingerprint density at radius 1 is 1.00 bits per heavy atom. The van der Waals surface area contributed by atoms with Gasteiger partial charge in [0.15, 0.2) is 0 Å². The predicted molar refractivity (Wildman–Crippen MR) is 78.6 cm³/mol. The van der Waals surface area contributed by atoms with E-state index in [4.69, 9.17) is 16.9 Å². The van der Waals surface area contributed by atoms with Crippen molar-refractivity contribution in [2.75, 3.05) is 6.54 Å². The molecule has 0 saturated heterocycles. The van der Waals surface area contributed by atoms with E-state index in [1.807, 2.05) is 66.7 Å². The quantitative estimate of drug-likeness (QED) is 0.616. The van der Waals surface area contributed by atoms with Crippen LogP contribution in [0.2, 0.25) is 0 Å². The van der Waals surface area contributed by atoms with Crippen molar-refractivity contribution in [2.45, 2.75) is 5.38 Å². The molecule has 0 amide bonds. The van der Waals surface area contributed by atoms with Gasteiger partial charge < -0.3 is 0 Å². The van der Waals surface area contributed by atoms with Gasteiger partial charge in [-0.15, -0.1) is 11.6 Å². The van der Waals surface area contributed by atoms with Crippen LogP contribution in [0.4, 0.5) is 0 Å². The van der Waals surface area contributed by atoms with Gasteiger partial charge in [-0.2, -0.15) is 5.26 Å². The monoisotopic (exact) mass is 268 g/mol. The number of hydrogen-bond acceptors (Lipinski definition) is 2. The summed E-state index contributed by atoms with van der Waals surface area (Å²) >= 11 is 5.82. The summed E-state index contributed by atoms with van der Waals surface area (Å²) in [6.45, 7) is 0.289. The van der Waals surface area contributed by atoms with Gasteiger partial charge in [-0.05, 0) is 0 Å². The number of benzene rings is 2. The van der Waals surface area contributed by atoms with Crippen LogP contribution in [0.3, 0.4) is 0 Å². The average molecular weight is 269 g/mol. The van der Waals surface area contributed by atoms with Crippen LogP contribution in [0, 0.1) is 11.3 Å². The van der Waals surface area contributed by atoms with E-state index in [1.165, 1.54) is 0 Å². The number of nitrogens with zero attached hydrogens (tertiary/aromatic N) is 2. The SMILES string of the molecule is N#CC(Cl)CN=C(c1ccccc1)c1ccccc1. The van der Waals surface area contributed by atoms with E-state index in [0.29, 0.717) is 0 Å². The molecule has 2 rings (SSSR count). The summed E-state index contributed by atoms with van der Waals surface area (Å²) in [5.74, 6) is 0. The predicted octanol–water partition coefficient (Wildman–Crippen LogP) is 3.65. The Morgan fingerprint density at radius 3 is 1.89 bits per heavy atom. The second-order valence-corrected chi connectivity index (χ2v) is 4.54. The molecule has 0 bridgehead atoms. The van der Waals surface area contributed by atoms with Gasteiger partial charge in [0.1, 0.15) is 5.38 Å². The smallest absolute Gasteiger partial charge is 0.140 e. The van der Waals surface area contributed by atoms with Crippen LogP contribution in [-0.4, -0.2) is 17.6 Å². The number of nitriles is 1. The Kier molecular flexibility index (Phi) is 4.72. The van der Waals surface area contributed by atoms with Gasteiger partial charge in [-0.25, -0.2) is 0 Å². The number of hydrogen-bond donors (Lipinski definition) is 0. The molecule has 0 radical (unpaired) electrons. The third kappa shape index (κ3) is 3.67. The largest absolute Gasteiger partial charge is 0.281 e. The molecule has 19 heavy (non-hydrogen) atoms. The summed E-state index contributed by atoms with van der Waals surface area (Å²) in [4.78, 5) is 4.50. The summed E-state index contributed by atoms with van der Waals surface area (Å²) in [5.41, 5.74) is 2.91. The fourth-order valence-electron chi connectivity index (χ4n) is 1.75. The first kappa shape index (κ1) is 13.3. The highest BCUT2D eigenvalue weighted by molar-refractivity contribution is 6.22. The zero-order valence-corrected chi connectivity index (χ0v) is 11.1. The van der Waals surface area contributed by atoms with Crippen molar-refractivity contribution in [3.05, 3.63) is 71.8 Å². The second kappa shape index (κ2) is 6.72. The second-order valence-electron chi connectivity index (χ2n) is 4.02. The van der Waals surface area contributed by atoms with Crippen molar-refractivity contribution in [1.82, 2.24) is 0 Å². The summed E-state index contributed by atoms with van der Waals surface area (Å²) < 4.78 is 0. The van der Waals surface area contributed by atoms with Gasteiger partial charge in [0.25, 0.3) is 0 Å². The molecule has 2 aromatic carbocycles. The minimum Gasteiger partial charge on any atom is -0.281 e. The molecule has 0 aliphatic rings. The fraction of sp³-hybridized carbons (Fsp3) is 0.125. The van der Waals surface area contributed by atoms with E-state index in [2.05, 4.69) is 4.99 Å². The maximum absolute atomic E-state index is 8.74. The molecule has 1 unspecified atom stereocenters. The lowest BCUT2D eigenvalue weighted by Crippen LogP contribution is -2.08. The maximum atomic E-state index is 8.74. The van der Waals surface area contributed by atoms with Crippen molar-refractivity contribution in [3.8, 4) is 6.07 Å². The van der Waals surface area contributed by atoms with Gasteiger partial charge in [0.2, 0.25) is 0 Å². The van der Waals surface area contributed by atoms with Gasteiger partial charge in [-0.1, -0.05) is 60.7 Å². The van der Waals surface area contributed by atoms with Gasteiger partial charge >= 0.3 is 0 Å². The van der Waals surface area contributed by atoms with E-state index in [9.17, 15) is 0 Å². The van der Waals surface area contributed by atoms with Crippen LogP contribution in [0.15, 0.2) is 65.7 Å². The summed E-state index contributed by atoms with van der Waals surface area (Å²) in [6.07, 6.45) is 0. The molecule has 0 aromatic heterocycles. The van der Waals surface area contributed by atoms with Crippen LogP contribution >= 0.6 is 11.6 Å². The molecule has 0 N–H and O–H groups in total. The van der Waals surface area contributed by atoms with Gasteiger partial charge in [-0.3, -0.25) is 4.99 Å². The van der Waals surface area contributed by atoms with E-state index >= 15 is 0 Å². The first-order chi connectivity index (χ1) is 9.31. The highest BCUT2D eigenvalue weighted by Gasteiger charge is 2.07. The zero-order chi connectivity index (χ0) is 13.5. The number of halogens is 1. The molecular formula is C16H13ClN2. The lowest BCUT2D eigenvalue weighted by molar-refractivity contribution is 1.02. The number of rotatable bonds is 4. The van der Waals surface area contributed by atoms with Crippen LogP contribution in [0.5, 0.6) is 0 Å². The molecule has 0 fully saturated rings. The molecule has 2 aromatic rings. The Bertz CT molecular complexity index is 544. The average Bonchev–Trinajstić information content (AvgIpc) is 2.49. The third-order valence-corrected chi connectivity index (χ3v) is 2.88. The summed E-state index contributed by atoms with van der Waals surface area (Å²) in [5, 5.41) is 8.14. The summed E-state index contributed by atoms with van der Waals surface area (Å²) in [6, 6.07) is 21.8. The molecule has 2 nitrogen and oxygen atoms in total. The van der Waals surface area contributed by atoms with Crippen LogP contribution < -0.4 is 0 Å². The molecule has 0 heterocycles. The Hall–Kier alpha value is -2.11. The topological polar surface area (TPSA) is 36.1 Å². The van der Waals surface area contributed by atoms with E-state index < -0.39 is 5.38 Å². The molecule has 0 saturated carbocycles. The van der Waals surface area contributed by atoms with Crippen molar-refractivity contribution in [1.29, 1.82) is 5.26 Å². The fourth-order valence-corrected chi connectivity index (χ4v) is 1.82. The van der Waals surface area contributed by atoms with Crippen molar-refractivity contribution >= 4 is 17.3 Å². The van der Waals surface area contributed by atoms with E-state index in [1.54, 1.807) is 0 Å². The first-order valence-electron chi connectivity index (χ1n) is 6.00. The molecule has 3 heteroatoms. The Morgan fingerprint density at radius 2 is 1.47 bits per heavy atom. The lowest BCUT2D eigenvalue weighted by Gasteiger charge is -2.07. The standard InChI is InChI=1S/C16H13ClN2/c17-15(11-18)12-19-16(13-7-3-1-4-8-13)14-9-5-2-6-10-14/h1-10,15H,12H2. The highest BCUT2D eigenvalue weighted by atomic mass is 35.5. The molecule has 0 spiro atoms. The molecule has 0 aliphatic carbocycles.